The monoisotopic (exact) mass is 287 g/mol. The topological polar surface area (TPSA) is 80.4 Å². The Morgan fingerprint density at radius 3 is 1.95 bits per heavy atom. The van der Waals surface area contributed by atoms with Gasteiger partial charge in [0.25, 0.3) is 10.1 Å². The molecule has 0 saturated heterocycles. The fourth-order valence-corrected chi connectivity index (χ4v) is 6.03. The van der Waals surface area contributed by atoms with Gasteiger partial charge in [-0.2, -0.15) is 8.42 Å². The summed E-state index contributed by atoms with van der Waals surface area (Å²) in [6, 6.07) is 0. The molecule has 4 aliphatic rings. The first kappa shape index (κ1) is 13.8. The van der Waals surface area contributed by atoms with Gasteiger partial charge in [-0.15, -0.1) is 0 Å². The molecule has 0 spiro atoms. The van der Waals surface area contributed by atoms with Gasteiger partial charge in [-0.25, -0.2) is 0 Å². The van der Waals surface area contributed by atoms with Crippen molar-refractivity contribution in [3.05, 3.63) is 0 Å². The zero-order valence-electron chi connectivity index (χ0n) is 11.6. The summed E-state index contributed by atoms with van der Waals surface area (Å²) in [6.45, 7) is 2.14. The van der Waals surface area contributed by atoms with Crippen LogP contribution in [0.1, 0.15) is 51.9 Å². The highest BCUT2D eigenvalue weighted by atomic mass is 32.2. The van der Waals surface area contributed by atoms with Gasteiger partial charge < -0.3 is 5.73 Å². The fraction of sp³-hybridized carbons (Fsp3) is 1.00. The molecule has 0 radical (unpaired) electrons. The molecule has 0 aromatic carbocycles. The predicted molar refractivity (Wildman–Crippen MR) is 73.9 cm³/mol. The van der Waals surface area contributed by atoms with Crippen LogP contribution >= 0.6 is 0 Å². The maximum Gasteiger partial charge on any atom is 0.280 e. The Morgan fingerprint density at radius 2 is 1.58 bits per heavy atom. The zero-order chi connectivity index (χ0) is 13.8. The van der Waals surface area contributed by atoms with E-state index in [9.17, 15) is 8.42 Å². The summed E-state index contributed by atoms with van der Waals surface area (Å²) in [5, 5.41) is -1.12. The smallest absolute Gasteiger partial charge is 0.280 e. The quantitative estimate of drug-likeness (QED) is 0.778. The average molecular weight is 287 g/mol. The molecular weight excluding hydrogens is 262 g/mol. The Balaban J connectivity index is 1.74. The van der Waals surface area contributed by atoms with Crippen molar-refractivity contribution in [2.24, 2.45) is 34.8 Å². The molecule has 4 rings (SSSR count). The van der Waals surface area contributed by atoms with Crippen LogP contribution in [0.5, 0.6) is 0 Å². The highest BCUT2D eigenvalue weighted by Gasteiger charge is 2.53. The van der Waals surface area contributed by atoms with Crippen LogP contribution in [0.15, 0.2) is 0 Å². The summed E-state index contributed by atoms with van der Waals surface area (Å²) in [6.07, 6.45) is 8.29. The maximum atomic E-state index is 11.1. The molecule has 0 aliphatic heterocycles. The molecule has 2 atom stereocenters. The molecule has 4 nitrogen and oxygen atoms in total. The summed E-state index contributed by atoms with van der Waals surface area (Å²) in [5.74, 6) is 2.86. The van der Waals surface area contributed by atoms with Gasteiger partial charge >= 0.3 is 0 Å². The third-order valence-electron chi connectivity index (χ3n) is 6.10. The number of hydrogen-bond donors (Lipinski definition) is 2. The van der Waals surface area contributed by atoms with Crippen molar-refractivity contribution in [3.8, 4) is 0 Å². The van der Waals surface area contributed by atoms with E-state index in [2.05, 4.69) is 6.92 Å². The van der Waals surface area contributed by atoms with E-state index in [0.717, 1.165) is 17.8 Å². The molecule has 2 unspecified atom stereocenters. The molecule has 0 aromatic rings. The lowest BCUT2D eigenvalue weighted by atomic mass is 9.46. The van der Waals surface area contributed by atoms with E-state index in [4.69, 9.17) is 10.3 Å². The van der Waals surface area contributed by atoms with Crippen LogP contribution < -0.4 is 5.73 Å². The molecule has 4 saturated carbocycles. The summed E-state index contributed by atoms with van der Waals surface area (Å²) in [4.78, 5) is 0. The lowest BCUT2D eigenvalue weighted by molar-refractivity contribution is -0.0848. The van der Waals surface area contributed by atoms with Crippen LogP contribution in [0, 0.1) is 29.1 Å². The van der Waals surface area contributed by atoms with E-state index in [1.165, 1.54) is 38.5 Å². The standard InChI is InChI=1S/C14H25NO3S/c1-9(2-13(15)19(16,17)18)14-6-10-3-11(7-14)5-12(4-10)8-14/h9-13H,2-8,15H2,1H3,(H,16,17,18). The first-order valence-corrected chi connectivity index (χ1v) is 9.01. The molecule has 5 heteroatoms. The zero-order valence-corrected chi connectivity index (χ0v) is 12.4. The van der Waals surface area contributed by atoms with Gasteiger partial charge in [-0.05, 0) is 74.0 Å². The first-order valence-electron chi connectivity index (χ1n) is 7.50. The molecule has 4 aliphatic carbocycles. The Morgan fingerprint density at radius 1 is 1.16 bits per heavy atom. The Bertz CT molecular complexity index is 424. The molecule has 110 valence electrons. The molecule has 19 heavy (non-hydrogen) atoms. The van der Waals surface area contributed by atoms with Gasteiger partial charge in [0.15, 0.2) is 0 Å². The molecular formula is C14H25NO3S. The Labute approximate surface area is 115 Å². The molecule has 4 bridgehead atoms. The molecule has 0 heterocycles. The van der Waals surface area contributed by atoms with Crippen LogP contribution in [0.2, 0.25) is 0 Å². The molecule has 0 amide bonds. The van der Waals surface area contributed by atoms with E-state index < -0.39 is 15.5 Å². The van der Waals surface area contributed by atoms with E-state index in [0.29, 0.717) is 11.8 Å². The van der Waals surface area contributed by atoms with Crippen LogP contribution in [-0.4, -0.2) is 18.3 Å². The first-order chi connectivity index (χ1) is 8.78. The summed E-state index contributed by atoms with van der Waals surface area (Å²) < 4.78 is 31.3. The third kappa shape index (κ3) is 2.45. The van der Waals surface area contributed by atoms with Crippen LogP contribution in [0.3, 0.4) is 0 Å². The Hall–Kier alpha value is -0.130. The molecule has 0 aromatic heterocycles. The number of rotatable bonds is 4. The number of nitrogens with two attached hydrogens (primary N) is 1. The average Bonchev–Trinajstić information content (AvgIpc) is 2.25. The van der Waals surface area contributed by atoms with Gasteiger partial charge in [-0.3, -0.25) is 4.55 Å². The van der Waals surface area contributed by atoms with Gasteiger partial charge in [-0.1, -0.05) is 6.92 Å². The minimum atomic E-state index is -4.09. The summed E-state index contributed by atoms with van der Waals surface area (Å²) in [7, 11) is -4.09. The maximum absolute atomic E-state index is 11.1. The van der Waals surface area contributed by atoms with E-state index in [1.54, 1.807) is 0 Å². The fourth-order valence-electron chi connectivity index (χ4n) is 5.50. The van der Waals surface area contributed by atoms with Crippen molar-refractivity contribution in [2.45, 2.75) is 57.2 Å². The predicted octanol–water partition coefficient (Wildman–Crippen LogP) is 2.40. The van der Waals surface area contributed by atoms with Crippen LogP contribution in [0.25, 0.3) is 0 Å². The van der Waals surface area contributed by atoms with Gasteiger partial charge in [0.2, 0.25) is 0 Å². The van der Waals surface area contributed by atoms with E-state index >= 15 is 0 Å². The van der Waals surface area contributed by atoms with Crippen molar-refractivity contribution in [3.63, 3.8) is 0 Å². The van der Waals surface area contributed by atoms with E-state index in [1.807, 2.05) is 0 Å². The van der Waals surface area contributed by atoms with Crippen molar-refractivity contribution < 1.29 is 13.0 Å². The minimum absolute atomic E-state index is 0.290. The second-order valence-electron chi connectivity index (χ2n) is 7.47. The van der Waals surface area contributed by atoms with E-state index in [-0.39, 0.29) is 5.92 Å². The SMILES string of the molecule is CC(CC(N)S(=O)(=O)O)C12CC3CC(CC(C3)C1)C2. The highest BCUT2D eigenvalue weighted by molar-refractivity contribution is 7.86. The van der Waals surface area contributed by atoms with Crippen molar-refractivity contribution in [1.82, 2.24) is 0 Å². The van der Waals surface area contributed by atoms with Gasteiger partial charge in [0.05, 0.1) is 0 Å². The van der Waals surface area contributed by atoms with Crippen molar-refractivity contribution >= 4 is 10.1 Å². The normalized spacial score (nSPS) is 44.3. The minimum Gasteiger partial charge on any atom is -0.313 e. The third-order valence-corrected chi connectivity index (χ3v) is 7.06. The van der Waals surface area contributed by atoms with Gasteiger partial charge in [0, 0.05) is 0 Å². The molecule has 4 fully saturated rings. The van der Waals surface area contributed by atoms with Crippen LogP contribution in [0.4, 0.5) is 0 Å². The van der Waals surface area contributed by atoms with Gasteiger partial charge in [0.1, 0.15) is 5.37 Å². The second-order valence-corrected chi connectivity index (χ2v) is 9.11. The van der Waals surface area contributed by atoms with Crippen LogP contribution in [-0.2, 0) is 10.1 Å². The highest BCUT2D eigenvalue weighted by Crippen LogP contribution is 2.63. The van der Waals surface area contributed by atoms with Crippen molar-refractivity contribution in [2.75, 3.05) is 0 Å². The number of hydrogen-bond acceptors (Lipinski definition) is 3. The lowest BCUT2D eigenvalue weighted by Gasteiger charge is -2.59. The summed E-state index contributed by atoms with van der Waals surface area (Å²) in [5.41, 5.74) is 5.94. The largest absolute Gasteiger partial charge is 0.313 e. The summed E-state index contributed by atoms with van der Waals surface area (Å²) >= 11 is 0. The Kier molecular flexibility index (Phi) is 3.23. The second kappa shape index (κ2) is 4.43. The molecule has 3 N–H and O–H groups in total. The van der Waals surface area contributed by atoms with Crippen molar-refractivity contribution in [1.29, 1.82) is 0 Å². The lowest BCUT2D eigenvalue weighted by Crippen LogP contribution is -2.50.